The molecule has 1 unspecified atom stereocenters. The van der Waals surface area contributed by atoms with Crippen LogP contribution in [0.1, 0.15) is 47.5 Å². The zero-order chi connectivity index (χ0) is 17.8. The van der Waals surface area contributed by atoms with E-state index in [0.29, 0.717) is 17.2 Å². The maximum Gasteiger partial charge on any atom is 0.275 e. The Morgan fingerprint density at radius 1 is 1.24 bits per heavy atom. The second kappa shape index (κ2) is 7.42. The minimum absolute atomic E-state index is 0.0454. The highest BCUT2D eigenvalue weighted by atomic mass is 16.2. The third kappa shape index (κ3) is 4.21. The highest BCUT2D eigenvalue weighted by Gasteiger charge is 2.18. The predicted octanol–water partition coefficient (Wildman–Crippen LogP) is 3.17. The van der Waals surface area contributed by atoms with Gasteiger partial charge in [-0.25, -0.2) is 9.97 Å². The van der Waals surface area contributed by atoms with E-state index in [1.165, 1.54) is 19.5 Å². The first-order chi connectivity index (χ1) is 12.0. The fourth-order valence-electron chi connectivity index (χ4n) is 3.01. The molecule has 1 saturated heterocycles. The van der Waals surface area contributed by atoms with E-state index < -0.39 is 0 Å². The molecule has 1 aliphatic rings. The molecular formula is C19H22N4O2. The van der Waals surface area contributed by atoms with Crippen molar-refractivity contribution in [2.75, 3.05) is 23.3 Å². The summed E-state index contributed by atoms with van der Waals surface area (Å²) in [5, 5.41) is 2.75. The number of carbonyl (C=O) groups excluding carboxylic acids is 2. The first-order valence-electron chi connectivity index (χ1n) is 8.52. The van der Waals surface area contributed by atoms with Gasteiger partial charge in [-0.05, 0) is 37.8 Å². The average Bonchev–Trinajstić information content (AvgIpc) is 2.62. The maximum absolute atomic E-state index is 12.3. The van der Waals surface area contributed by atoms with Crippen molar-refractivity contribution in [2.45, 2.75) is 26.7 Å². The minimum Gasteiger partial charge on any atom is -0.355 e. The van der Waals surface area contributed by atoms with Crippen LogP contribution < -0.4 is 10.2 Å². The monoisotopic (exact) mass is 338 g/mol. The standard InChI is InChI=1S/C19H22N4O2/c1-13-5-4-8-23(12-13)18-11-20-17(10-21-18)19(25)22-16-7-3-6-15(9-16)14(2)24/h3,6-7,9-11,13H,4-5,8,12H2,1-2H3,(H,22,25). The molecule has 1 fully saturated rings. The fraction of sp³-hybridized carbons (Fsp3) is 0.368. The minimum atomic E-state index is -0.341. The van der Waals surface area contributed by atoms with Crippen LogP contribution >= 0.6 is 0 Å². The van der Waals surface area contributed by atoms with Crippen molar-refractivity contribution in [1.82, 2.24) is 9.97 Å². The summed E-state index contributed by atoms with van der Waals surface area (Å²) >= 11 is 0. The first-order valence-corrected chi connectivity index (χ1v) is 8.52. The number of Topliss-reactive ketones (excluding diaryl/α,β-unsaturated/α-hetero) is 1. The molecule has 3 rings (SSSR count). The average molecular weight is 338 g/mol. The molecule has 2 heterocycles. The van der Waals surface area contributed by atoms with Crippen molar-refractivity contribution >= 4 is 23.2 Å². The Bertz CT molecular complexity index is 773. The van der Waals surface area contributed by atoms with Gasteiger partial charge in [0.15, 0.2) is 5.78 Å². The Balaban J connectivity index is 1.68. The largest absolute Gasteiger partial charge is 0.355 e. The second-order valence-corrected chi connectivity index (χ2v) is 6.54. The molecule has 1 N–H and O–H groups in total. The van der Waals surface area contributed by atoms with Gasteiger partial charge in [-0.3, -0.25) is 9.59 Å². The van der Waals surface area contributed by atoms with Gasteiger partial charge >= 0.3 is 0 Å². The Morgan fingerprint density at radius 3 is 2.76 bits per heavy atom. The van der Waals surface area contributed by atoms with E-state index in [2.05, 4.69) is 27.1 Å². The van der Waals surface area contributed by atoms with Gasteiger partial charge in [-0.2, -0.15) is 0 Å². The van der Waals surface area contributed by atoms with E-state index in [1.54, 1.807) is 30.5 Å². The van der Waals surface area contributed by atoms with E-state index in [0.717, 1.165) is 25.3 Å². The number of carbonyl (C=O) groups is 2. The Kier molecular flexibility index (Phi) is 5.07. The Morgan fingerprint density at radius 2 is 2.08 bits per heavy atom. The number of nitrogens with one attached hydrogen (secondary N) is 1. The van der Waals surface area contributed by atoms with Crippen LogP contribution in [-0.2, 0) is 0 Å². The van der Waals surface area contributed by atoms with E-state index >= 15 is 0 Å². The summed E-state index contributed by atoms with van der Waals surface area (Å²) in [6.07, 6.45) is 5.54. The van der Waals surface area contributed by atoms with E-state index in [9.17, 15) is 9.59 Å². The zero-order valence-corrected chi connectivity index (χ0v) is 14.5. The molecule has 1 amide bonds. The summed E-state index contributed by atoms with van der Waals surface area (Å²) in [6, 6.07) is 6.84. The normalized spacial score (nSPS) is 17.2. The van der Waals surface area contributed by atoms with Crippen molar-refractivity contribution in [3.8, 4) is 0 Å². The zero-order valence-electron chi connectivity index (χ0n) is 14.5. The van der Waals surface area contributed by atoms with Crippen LogP contribution in [0.25, 0.3) is 0 Å². The molecule has 1 aromatic heterocycles. The smallest absolute Gasteiger partial charge is 0.275 e. The lowest BCUT2D eigenvalue weighted by Gasteiger charge is -2.31. The van der Waals surface area contributed by atoms with Gasteiger partial charge in [0.1, 0.15) is 11.5 Å². The molecular weight excluding hydrogens is 316 g/mol. The van der Waals surface area contributed by atoms with E-state index in [1.807, 2.05) is 0 Å². The molecule has 0 spiro atoms. The van der Waals surface area contributed by atoms with Crippen molar-refractivity contribution in [3.63, 3.8) is 0 Å². The first kappa shape index (κ1) is 17.1. The van der Waals surface area contributed by atoms with Gasteiger partial charge in [0.2, 0.25) is 0 Å². The van der Waals surface area contributed by atoms with Gasteiger partial charge in [0, 0.05) is 24.3 Å². The molecule has 1 aliphatic heterocycles. The highest BCUT2D eigenvalue weighted by Crippen LogP contribution is 2.20. The number of piperidine rings is 1. The second-order valence-electron chi connectivity index (χ2n) is 6.54. The SMILES string of the molecule is CC(=O)c1cccc(NC(=O)c2cnc(N3CCCC(C)C3)cn2)c1. The molecule has 1 aromatic carbocycles. The summed E-state index contributed by atoms with van der Waals surface area (Å²) in [7, 11) is 0. The summed E-state index contributed by atoms with van der Waals surface area (Å²) in [6.45, 7) is 5.67. The van der Waals surface area contributed by atoms with Crippen LogP contribution in [0.15, 0.2) is 36.7 Å². The number of benzene rings is 1. The third-order valence-corrected chi connectivity index (χ3v) is 4.38. The fourth-order valence-corrected chi connectivity index (χ4v) is 3.01. The van der Waals surface area contributed by atoms with Crippen molar-refractivity contribution < 1.29 is 9.59 Å². The van der Waals surface area contributed by atoms with Crippen LogP contribution in [0, 0.1) is 5.92 Å². The van der Waals surface area contributed by atoms with Gasteiger partial charge in [0.05, 0.1) is 12.4 Å². The summed E-state index contributed by atoms with van der Waals surface area (Å²) in [4.78, 5) is 34.6. The molecule has 2 aromatic rings. The van der Waals surface area contributed by atoms with Crippen LogP contribution in [0.3, 0.4) is 0 Å². The third-order valence-electron chi connectivity index (χ3n) is 4.38. The number of hydrogen-bond acceptors (Lipinski definition) is 5. The molecule has 130 valence electrons. The predicted molar refractivity (Wildman–Crippen MR) is 97.0 cm³/mol. The summed E-state index contributed by atoms with van der Waals surface area (Å²) < 4.78 is 0. The van der Waals surface area contributed by atoms with Crippen LogP contribution in [-0.4, -0.2) is 34.7 Å². The summed E-state index contributed by atoms with van der Waals surface area (Å²) in [5.74, 6) is 1.07. The number of aromatic nitrogens is 2. The van der Waals surface area contributed by atoms with E-state index in [-0.39, 0.29) is 17.4 Å². The van der Waals surface area contributed by atoms with Crippen molar-refractivity contribution in [1.29, 1.82) is 0 Å². The molecule has 0 aliphatic carbocycles. The number of amides is 1. The molecule has 6 heteroatoms. The number of hydrogen-bond donors (Lipinski definition) is 1. The van der Waals surface area contributed by atoms with Gasteiger partial charge in [0.25, 0.3) is 5.91 Å². The highest BCUT2D eigenvalue weighted by molar-refractivity contribution is 6.03. The molecule has 0 radical (unpaired) electrons. The summed E-state index contributed by atoms with van der Waals surface area (Å²) in [5.41, 5.74) is 1.37. The molecule has 1 atom stereocenters. The van der Waals surface area contributed by atoms with Crippen LogP contribution in [0.2, 0.25) is 0 Å². The Labute approximate surface area is 147 Å². The van der Waals surface area contributed by atoms with Crippen LogP contribution in [0.5, 0.6) is 0 Å². The number of anilines is 2. The number of ketones is 1. The molecule has 6 nitrogen and oxygen atoms in total. The molecule has 0 bridgehead atoms. The lowest BCUT2D eigenvalue weighted by molar-refractivity contribution is 0.100. The van der Waals surface area contributed by atoms with Gasteiger partial charge in [-0.15, -0.1) is 0 Å². The van der Waals surface area contributed by atoms with Gasteiger partial charge in [-0.1, -0.05) is 19.1 Å². The maximum atomic E-state index is 12.3. The number of rotatable bonds is 4. The quantitative estimate of drug-likeness (QED) is 0.867. The van der Waals surface area contributed by atoms with Crippen molar-refractivity contribution in [3.05, 3.63) is 47.9 Å². The molecule has 0 saturated carbocycles. The lowest BCUT2D eigenvalue weighted by atomic mass is 10.0. The molecule has 25 heavy (non-hydrogen) atoms. The number of nitrogens with zero attached hydrogens (tertiary/aromatic N) is 3. The van der Waals surface area contributed by atoms with Crippen LogP contribution in [0.4, 0.5) is 11.5 Å². The van der Waals surface area contributed by atoms with Gasteiger partial charge < -0.3 is 10.2 Å². The Hall–Kier alpha value is -2.76. The lowest BCUT2D eigenvalue weighted by Crippen LogP contribution is -2.35. The van der Waals surface area contributed by atoms with E-state index in [4.69, 9.17) is 0 Å². The van der Waals surface area contributed by atoms with Crippen molar-refractivity contribution in [2.24, 2.45) is 5.92 Å². The topological polar surface area (TPSA) is 75.2 Å².